The fourth-order valence-corrected chi connectivity index (χ4v) is 3.24. The van der Waals surface area contributed by atoms with E-state index in [4.69, 9.17) is 9.47 Å². The van der Waals surface area contributed by atoms with Crippen LogP contribution >= 0.6 is 0 Å². The molecule has 0 amide bonds. The Balaban J connectivity index is 2.04. The van der Waals surface area contributed by atoms with E-state index in [-0.39, 0.29) is 6.54 Å². The van der Waals surface area contributed by atoms with Crippen LogP contribution in [-0.2, 0) is 16.8 Å². The van der Waals surface area contributed by atoms with E-state index in [9.17, 15) is 8.42 Å². The number of benzene rings is 1. The number of ether oxygens (including phenoxy) is 2. The van der Waals surface area contributed by atoms with Crippen molar-refractivity contribution < 1.29 is 17.9 Å². The topological polar surface area (TPSA) is 67.9 Å². The fraction of sp³-hybridized carbons (Fsp3) is 0.538. The summed E-state index contributed by atoms with van der Waals surface area (Å²) in [5, 5.41) is 0. The Kier molecular flexibility index (Phi) is 4.85. The molecule has 1 aliphatic heterocycles. The van der Waals surface area contributed by atoms with Gasteiger partial charge in [0.25, 0.3) is 10.2 Å². The number of nitrogens with one attached hydrogen (secondary N) is 1. The van der Waals surface area contributed by atoms with E-state index in [0.29, 0.717) is 37.8 Å². The third-order valence-corrected chi connectivity index (χ3v) is 4.82. The smallest absolute Gasteiger partial charge is 0.279 e. The van der Waals surface area contributed by atoms with E-state index in [1.807, 2.05) is 19.9 Å². The lowest BCUT2D eigenvalue weighted by Crippen LogP contribution is -2.40. The molecule has 7 heteroatoms. The molecule has 0 aromatic heterocycles. The third kappa shape index (κ3) is 3.41. The lowest BCUT2D eigenvalue weighted by molar-refractivity contribution is 0.171. The summed E-state index contributed by atoms with van der Waals surface area (Å²) in [6.45, 7) is 5.82. The standard InChI is InChI=1S/C13H20N2O4S/c1-3-15(4-2)20(16,17)14-10-11-5-6-12-13(9-11)19-8-7-18-12/h5-6,9,14H,3-4,7-8,10H2,1-2H3. The zero-order valence-corrected chi connectivity index (χ0v) is 12.6. The van der Waals surface area contributed by atoms with Gasteiger partial charge in [-0.05, 0) is 17.7 Å². The summed E-state index contributed by atoms with van der Waals surface area (Å²) < 4.78 is 38.9. The van der Waals surface area contributed by atoms with Crippen LogP contribution in [0, 0.1) is 0 Å². The molecule has 0 fully saturated rings. The summed E-state index contributed by atoms with van der Waals surface area (Å²) in [5.41, 5.74) is 0.838. The Morgan fingerprint density at radius 1 is 1.15 bits per heavy atom. The first-order valence-electron chi connectivity index (χ1n) is 6.70. The van der Waals surface area contributed by atoms with Crippen molar-refractivity contribution in [2.24, 2.45) is 0 Å². The molecule has 20 heavy (non-hydrogen) atoms. The summed E-state index contributed by atoms with van der Waals surface area (Å²) in [6, 6.07) is 5.44. The third-order valence-electron chi connectivity index (χ3n) is 3.11. The number of fused-ring (bicyclic) bond motifs is 1. The van der Waals surface area contributed by atoms with Crippen LogP contribution in [-0.4, -0.2) is 39.0 Å². The van der Waals surface area contributed by atoms with Gasteiger partial charge < -0.3 is 9.47 Å². The van der Waals surface area contributed by atoms with Gasteiger partial charge in [-0.15, -0.1) is 0 Å². The van der Waals surface area contributed by atoms with Gasteiger partial charge in [-0.2, -0.15) is 17.4 Å². The van der Waals surface area contributed by atoms with Gasteiger partial charge >= 0.3 is 0 Å². The first-order valence-corrected chi connectivity index (χ1v) is 8.14. The van der Waals surface area contributed by atoms with Gasteiger partial charge in [-0.25, -0.2) is 0 Å². The molecule has 112 valence electrons. The minimum Gasteiger partial charge on any atom is -0.486 e. The Morgan fingerprint density at radius 2 is 1.80 bits per heavy atom. The van der Waals surface area contributed by atoms with Gasteiger partial charge in [-0.3, -0.25) is 0 Å². The zero-order chi connectivity index (χ0) is 14.6. The first kappa shape index (κ1) is 15.1. The van der Waals surface area contributed by atoms with E-state index in [2.05, 4.69) is 4.72 Å². The van der Waals surface area contributed by atoms with Crippen molar-refractivity contribution in [1.82, 2.24) is 9.03 Å². The predicted octanol–water partition coefficient (Wildman–Crippen LogP) is 1.13. The van der Waals surface area contributed by atoms with E-state index in [1.165, 1.54) is 4.31 Å². The second-order valence-corrected chi connectivity index (χ2v) is 6.14. The molecular formula is C13H20N2O4S. The van der Waals surface area contributed by atoms with Crippen molar-refractivity contribution in [1.29, 1.82) is 0 Å². The summed E-state index contributed by atoms with van der Waals surface area (Å²) in [7, 11) is -3.43. The normalized spacial score (nSPS) is 14.6. The van der Waals surface area contributed by atoms with Gasteiger partial charge in [-0.1, -0.05) is 19.9 Å². The number of nitrogens with zero attached hydrogens (tertiary/aromatic N) is 1. The van der Waals surface area contributed by atoms with Crippen molar-refractivity contribution in [3.63, 3.8) is 0 Å². The maximum Gasteiger partial charge on any atom is 0.279 e. The highest BCUT2D eigenvalue weighted by Crippen LogP contribution is 2.30. The largest absolute Gasteiger partial charge is 0.486 e. The molecule has 1 aromatic carbocycles. The SMILES string of the molecule is CCN(CC)S(=O)(=O)NCc1ccc2c(c1)OCCO2. The van der Waals surface area contributed by atoms with Crippen LogP contribution in [0.4, 0.5) is 0 Å². The average Bonchev–Trinajstić information content (AvgIpc) is 2.46. The van der Waals surface area contributed by atoms with Crippen LogP contribution in [0.3, 0.4) is 0 Å². The molecule has 0 saturated heterocycles. The molecule has 1 aromatic rings. The molecule has 0 spiro atoms. The molecule has 0 bridgehead atoms. The lowest BCUT2D eigenvalue weighted by atomic mass is 10.2. The quantitative estimate of drug-likeness (QED) is 0.855. The van der Waals surface area contributed by atoms with Crippen molar-refractivity contribution in [2.45, 2.75) is 20.4 Å². The second-order valence-electron chi connectivity index (χ2n) is 4.39. The first-order chi connectivity index (χ1) is 9.56. The van der Waals surface area contributed by atoms with Gasteiger partial charge in [0.05, 0.1) is 0 Å². The number of rotatable bonds is 6. The predicted molar refractivity (Wildman–Crippen MR) is 76.1 cm³/mol. The van der Waals surface area contributed by atoms with Crippen molar-refractivity contribution >= 4 is 10.2 Å². The molecule has 6 nitrogen and oxygen atoms in total. The highest BCUT2D eigenvalue weighted by atomic mass is 32.2. The fourth-order valence-electron chi connectivity index (χ4n) is 2.03. The molecular weight excluding hydrogens is 280 g/mol. The molecule has 1 aliphatic rings. The Hall–Kier alpha value is -1.31. The van der Waals surface area contributed by atoms with Gasteiger partial charge in [0.15, 0.2) is 11.5 Å². The highest BCUT2D eigenvalue weighted by Gasteiger charge is 2.18. The zero-order valence-electron chi connectivity index (χ0n) is 11.8. The molecule has 2 rings (SSSR count). The van der Waals surface area contributed by atoms with Crippen LogP contribution in [0.1, 0.15) is 19.4 Å². The van der Waals surface area contributed by atoms with Crippen molar-refractivity contribution in [3.05, 3.63) is 23.8 Å². The van der Waals surface area contributed by atoms with E-state index < -0.39 is 10.2 Å². The molecule has 0 saturated carbocycles. The molecule has 0 radical (unpaired) electrons. The molecule has 1 heterocycles. The van der Waals surface area contributed by atoms with Crippen molar-refractivity contribution in [3.8, 4) is 11.5 Å². The minimum atomic E-state index is -3.43. The summed E-state index contributed by atoms with van der Waals surface area (Å²) >= 11 is 0. The van der Waals surface area contributed by atoms with E-state index in [1.54, 1.807) is 12.1 Å². The Labute approximate surface area is 119 Å². The summed E-state index contributed by atoms with van der Waals surface area (Å²) in [6.07, 6.45) is 0. The van der Waals surface area contributed by atoms with E-state index >= 15 is 0 Å². The number of hydrogen-bond acceptors (Lipinski definition) is 4. The van der Waals surface area contributed by atoms with Crippen LogP contribution < -0.4 is 14.2 Å². The van der Waals surface area contributed by atoms with Crippen LogP contribution in [0.15, 0.2) is 18.2 Å². The minimum absolute atomic E-state index is 0.232. The average molecular weight is 300 g/mol. The molecule has 0 unspecified atom stereocenters. The lowest BCUT2D eigenvalue weighted by Gasteiger charge is -2.20. The maximum absolute atomic E-state index is 12.0. The Bertz CT molecular complexity index is 555. The molecule has 0 atom stereocenters. The maximum atomic E-state index is 12.0. The van der Waals surface area contributed by atoms with Crippen molar-refractivity contribution in [2.75, 3.05) is 26.3 Å². The van der Waals surface area contributed by atoms with E-state index in [0.717, 1.165) is 5.56 Å². The summed E-state index contributed by atoms with van der Waals surface area (Å²) in [5.74, 6) is 1.36. The number of hydrogen-bond donors (Lipinski definition) is 1. The van der Waals surface area contributed by atoms with Crippen LogP contribution in [0.2, 0.25) is 0 Å². The van der Waals surface area contributed by atoms with Gasteiger partial charge in [0, 0.05) is 19.6 Å². The van der Waals surface area contributed by atoms with Crippen LogP contribution in [0.25, 0.3) is 0 Å². The summed E-state index contributed by atoms with van der Waals surface area (Å²) in [4.78, 5) is 0. The van der Waals surface area contributed by atoms with Gasteiger partial charge in [0.2, 0.25) is 0 Å². The molecule has 1 N–H and O–H groups in total. The molecule has 0 aliphatic carbocycles. The monoisotopic (exact) mass is 300 g/mol. The van der Waals surface area contributed by atoms with Gasteiger partial charge in [0.1, 0.15) is 13.2 Å². The second kappa shape index (κ2) is 6.43. The van der Waals surface area contributed by atoms with Crippen LogP contribution in [0.5, 0.6) is 11.5 Å². The highest BCUT2D eigenvalue weighted by molar-refractivity contribution is 7.87. The Morgan fingerprint density at radius 3 is 2.45 bits per heavy atom.